The smallest absolute Gasteiger partial charge is 0.0280 e. The molecule has 0 amide bonds. The molecule has 1 heteroatoms. The average Bonchev–Trinajstić information content (AvgIpc) is 2.88. The molecule has 0 aliphatic heterocycles. The van der Waals surface area contributed by atoms with Crippen LogP contribution in [0.15, 0.2) is 0 Å². The Morgan fingerprint density at radius 2 is 1.77 bits per heavy atom. The molecule has 0 N–H and O–H groups in total. The minimum Gasteiger partial charge on any atom is -0.126 e. The van der Waals surface area contributed by atoms with Gasteiger partial charge in [-0.15, -0.1) is 11.6 Å². The zero-order chi connectivity index (χ0) is 9.31. The fraction of sp³-hybridized carbons (Fsp3) is 1.00. The predicted octanol–water partition coefficient (Wildman–Crippen LogP) is 4.22. The van der Waals surface area contributed by atoms with E-state index in [1.165, 1.54) is 44.9 Å². The maximum Gasteiger partial charge on any atom is 0.0280 e. The van der Waals surface area contributed by atoms with Gasteiger partial charge in [-0.3, -0.25) is 0 Å². The van der Waals surface area contributed by atoms with Crippen LogP contribution in [0.25, 0.3) is 0 Å². The average molecular weight is 201 g/mol. The van der Waals surface area contributed by atoms with Gasteiger partial charge < -0.3 is 0 Å². The summed E-state index contributed by atoms with van der Waals surface area (Å²) in [6.45, 7) is 2.41. The van der Waals surface area contributed by atoms with Crippen molar-refractivity contribution in [2.24, 2.45) is 17.3 Å². The molecule has 2 rings (SSSR count). The molecule has 0 nitrogen and oxygen atoms in total. The van der Waals surface area contributed by atoms with Crippen LogP contribution in [0.3, 0.4) is 0 Å². The first-order chi connectivity index (χ1) is 6.24. The first-order valence-corrected chi connectivity index (χ1v) is 6.34. The molecule has 0 spiro atoms. The fourth-order valence-electron chi connectivity index (χ4n) is 2.98. The van der Waals surface area contributed by atoms with Crippen LogP contribution in [0.4, 0.5) is 0 Å². The van der Waals surface area contributed by atoms with E-state index in [1.807, 2.05) is 0 Å². The predicted molar refractivity (Wildman–Crippen MR) is 58.1 cm³/mol. The van der Waals surface area contributed by atoms with Gasteiger partial charge in [-0.1, -0.05) is 32.6 Å². The van der Waals surface area contributed by atoms with Gasteiger partial charge in [0.05, 0.1) is 0 Å². The largest absolute Gasteiger partial charge is 0.126 e. The second-order valence-corrected chi connectivity index (χ2v) is 5.68. The van der Waals surface area contributed by atoms with Gasteiger partial charge in [0.15, 0.2) is 0 Å². The van der Waals surface area contributed by atoms with E-state index in [0.29, 0.717) is 5.41 Å². The fourth-order valence-corrected chi connectivity index (χ4v) is 3.31. The summed E-state index contributed by atoms with van der Waals surface area (Å²) >= 11 is 6.12. The molecule has 0 aromatic carbocycles. The molecule has 2 aliphatic rings. The van der Waals surface area contributed by atoms with Gasteiger partial charge in [0.1, 0.15) is 0 Å². The number of rotatable bonds is 4. The lowest BCUT2D eigenvalue weighted by atomic mass is 9.78. The van der Waals surface area contributed by atoms with Gasteiger partial charge >= 0.3 is 0 Å². The van der Waals surface area contributed by atoms with Crippen LogP contribution in [0.1, 0.15) is 51.9 Å². The molecule has 13 heavy (non-hydrogen) atoms. The minimum atomic E-state index is 0.483. The Hall–Kier alpha value is 0.290. The van der Waals surface area contributed by atoms with Crippen LogP contribution >= 0.6 is 11.6 Å². The Labute approximate surface area is 87.0 Å². The first-order valence-electron chi connectivity index (χ1n) is 5.80. The van der Waals surface area contributed by atoms with Crippen LogP contribution in [0, 0.1) is 17.3 Å². The zero-order valence-corrected chi connectivity index (χ0v) is 9.45. The molecule has 0 saturated heterocycles. The Morgan fingerprint density at radius 3 is 2.23 bits per heavy atom. The molecular formula is C12H21Cl. The quantitative estimate of drug-likeness (QED) is 0.597. The summed E-state index contributed by atoms with van der Waals surface area (Å²) in [7, 11) is 0. The van der Waals surface area contributed by atoms with Gasteiger partial charge in [0, 0.05) is 5.88 Å². The maximum atomic E-state index is 6.12. The van der Waals surface area contributed by atoms with Crippen molar-refractivity contribution < 1.29 is 0 Å². The summed E-state index contributed by atoms with van der Waals surface area (Å²) in [6, 6.07) is 0. The third kappa shape index (κ3) is 2.21. The number of halogens is 1. The van der Waals surface area contributed by atoms with Crippen molar-refractivity contribution in [1.29, 1.82) is 0 Å². The lowest BCUT2D eigenvalue weighted by Gasteiger charge is -2.30. The Morgan fingerprint density at radius 1 is 1.15 bits per heavy atom. The molecule has 0 radical (unpaired) electrons. The monoisotopic (exact) mass is 200 g/mol. The van der Waals surface area contributed by atoms with E-state index in [2.05, 4.69) is 6.92 Å². The van der Waals surface area contributed by atoms with Crippen molar-refractivity contribution in [3.8, 4) is 0 Å². The van der Waals surface area contributed by atoms with Crippen molar-refractivity contribution >= 4 is 11.6 Å². The SMILES string of the molecule is CC(CCl)(CC1CCCC1)C1CC1. The van der Waals surface area contributed by atoms with Crippen molar-refractivity contribution in [2.75, 3.05) is 5.88 Å². The second kappa shape index (κ2) is 3.81. The standard InChI is InChI=1S/C12H21Cl/c1-12(9-13,11-6-7-11)8-10-4-2-3-5-10/h10-11H,2-9H2,1H3. The van der Waals surface area contributed by atoms with Gasteiger partial charge in [0.2, 0.25) is 0 Å². The second-order valence-electron chi connectivity index (χ2n) is 5.42. The van der Waals surface area contributed by atoms with Crippen LogP contribution in [-0.2, 0) is 0 Å². The van der Waals surface area contributed by atoms with E-state index in [4.69, 9.17) is 11.6 Å². The Kier molecular flexibility index (Phi) is 2.88. The third-order valence-corrected chi connectivity index (χ3v) is 4.71. The van der Waals surface area contributed by atoms with E-state index in [0.717, 1.165) is 17.7 Å². The van der Waals surface area contributed by atoms with Gasteiger partial charge in [-0.25, -0.2) is 0 Å². The lowest BCUT2D eigenvalue weighted by Crippen LogP contribution is -2.24. The summed E-state index contributed by atoms with van der Waals surface area (Å²) in [6.07, 6.45) is 10.2. The minimum absolute atomic E-state index is 0.483. The van der Waals surface area contributed by atoms with Crippen molar-refractivity contribution in [1.82, 2.24) is 0 Å². The van der Waals surface area contributed by atoms with Gasteiger partial charge in [-0.05, 0) is 36.5 Å². The summed E-state index contributed by atoms with van der Waals surface area (Å²) in [5, 5.41) is 0. The number of hydrogen-bond acceptors (Lipinski definition) is 0. The highest BCUT2D eigenvalue weighted by molar-refractivity contribution is 6.18. The molecule has 2 saturated carbocycles. The van der Waals surface area contributed by atoms with Crippen molar-refractivity contribution in [3.05, 3.63) is 0 Å². The lowest BCUT2D eigenvalue weighted by molar-refractivity contribution is 0.235. The summed E-state index contributed by atoms with van der Waals surface area (Å²) in [5.41, 5.74) is 0.483. The van der Waals surface area contributed by atoms with Crippen LogP contribution in [-0.4, -0.2) is 5.88 Å². The van der Waals surface area contributed by atoms with E-state index < -0.39 is 0 Å². The van der Waals surface area contributed by atoms with Crippen LogP contribution in [0.2, 0.25) is 0 Å². The normalized spacial score (nSPS) is 29.1. The van der Waals surface area contributed by atoms with Crippen molar-refractivity contribution in [3.63, 3.8) is 0 Å². The van der Waals surface area contributed by atoms with Crippen molar-refractivity contribution in [2.45, 2.75) is 51.9 Å². The van der Waals surface area contributed by atoms with Gasteiger partial charge in [-0.2, -0.15) is 0 Å². The highest BCUT2D eigenvalue weighted by Crippen LogP contribution is 2.51. The highest BCUT2D eigenvalue weighted by atomic mass is 35.5. The molecule has 0 aromatic rings. The maximum absolute atomic E-state index is 6.12. The van der Waals surface area contributed by atoms with Gasteiger partial charge in [0.25, 0.3) is 0 Å². The van der Waals surface area contributed by atoms with Crippen LogP contribution in [0.5, 0.6) is 0 Å². The zero-order valence-electron chi connectivity index (χ0n) is 8.69. The topological polar surface area (TPSA) is 0 Å². The summed E-state index contributed by atoms with van der Waals surface area (Å²) in [4.78, 5) is 0. The molecule has 76 valence electrons. The molecule has 1 atom stereocenters. The molecule has 2 fully saturated rings. The van der Waals surface area contributed by atoms with Crippen LogP contribution < -0.4 is 0 Å². The number of hydrogen-bond donors (Lipinski definition) is 0. The third-order valence-electron chi connectivity index (χ3n) is 4.10. The van der Waals surface area contributed by atoms with E-state index in [9.17, 15) is 0 Å². The highest BCUT2D eigenvalue weighted by Gasteiger charge is 2.42. The summed E-state index contributed by atoms with van der Waals surface area (Å²) in [5.74, 6) is 2.85. The Bertz CT molecular complexity index is 168. The van der Waals surface area contributed by atoms with E-state index >= 15 is 0 Å². The summed E-state index contributed by atoms with van der Waals surface area (Å²) < 4.78 is 0. The molecular weight excluding hydrogens is 180 g/mol. The first kappa shape index (κ1) is 9.83. The Balaban J connectivity index is 1.88. The molecule has 0 bridgehead atoms. The van der Waals surface area contributed by atoms with E-state index in [1.54, 1.807) is 0 Å². The molecule has 0 aromatic heterocycles. The molecule has 0 heterocycles. The molecule has 1 unspecified atom stereocenters. The van der Waals surface area contributed by atoms with E-state index in [-0.39, 0.29) is 0 Å². The number of alkyl halides is 1. The molecule has 2 aliphatic carbocycles.